The number of rotatable bonds is 6. The van der Waals surface area contributed by atoms with E-state index >= 15 is 0 Å². The molecule has 0 saturated heterocycles. The molecule has 0 fully saturated rings. The largest absolute Gasteiger partial charge is 0.365 e. The Hall–Kier alpha value is -1.18. The standard InChI is InChI=1S/C12H14BrNO4S/c1-3-8-18-9(2)12(15)14-19(16,17)11-7-5-4-6-10(11)13/h3-7,9H,1,8H2,2H3,(H,14,15). The molecule has 1 amide bonds. The third-order valence-electron chi connectivity index (χ3n) is 2.19. The van der Waals surface area contributed by atoms with Gasteiger partial charge in [-0.05, 0) is 35.0 Å². The van der Waals surface area contributed by atoms with Crippen LogP contribution in [0.5, 0.6) is 0 Å². The second kappa shape index (κ2) is 6.83. The smallest absolute Gasteiger partial charge is 0.265 e. The van der Waals surface area contributed by atoms with Gasteiger partial charge in [0.05, 0.1) is 6.61 Å². The van der Waals surface area contributed by atoms with Crippen LogP contribution in [0.15, 0.2) is 46.3 Å². The summed E-state index contributed by atoms with van der Waals surface area (Å²) < 4.78 is 31.4. The zero-order valence-electron chi connectivity index (χ0n) is 10.3. The number of benzene rings is 1. The molecule has 0 radical (unpaired) electrons. The Balaban J connectivity index is 2.83. The Bertz CT molecular complexity index is 571. The van der Waals surface area contributed by atoms with Gasteiger partial charge < -0.3 is 4.74 Å². The monoisotopic (exact) mass is 347 g/mol. The Morgan fingerprint density at radius 2 is 2.16 bits per heavy atom. The fourth-order valence-electron chi connectivity index (χ4n) is 1.22. The summed E-state index contributed by atoms with van der Waals surface area (Å²) in [5, 5.41) is 0. The van der Waals surface area contributed by atoms with Crippen LogP contribution in [0.3, 0.4) is 0 Å². The van der Waals surface area contributed by atoms with Gasteiger partial charge in [0.15, 0.2) is 0 Å². The molecular formula is C12H14BrNO4S. The number of carbonyl (C=O) groups is 1. The summed E-state index contributed by atoms with van der Waals surface area (Å²) >= 11 is 3.13. The minimum absolute atomic E-state index is 0.000675. The van der Waals surface area contributed by atoms with Crippen molar-refractivity contribution >= 4 is 31.9 Å². The number of halogens is 1. The van der Waals surface area contributed by atoms with Crippen LogP contribution in [0.4, 0.5) is 0 Å². The summed E-state index contributed by atoms with van der Waals surface area (Å²) in [6.07, 6.45) is 0.599. The lowest BCUT2D eigenvalue weighted by Gasteiger charge is -2.13. The van der Waals surface area contributed by atoms with E-state index in [9.17, 15) is 13.2 Å². The van der Waals surface area contributed by atoms with Crippen molar-refractivity contribution in [2.45, 2.75) is 17.9 Å². The molecule has 19 heavy (non-hydrogen) atoms. The molecule has 7 heteroatoms. The first-order valence-electron chi connectivity index (χ1n) is 5.42. The molecule has 0 bridgehead atoms. The van der Waals surface area contributed by atoms with Crippen molar-refractivity contribution in [1.29, 1.82) is 0 Å². The highest BCUT2D eigenvalue weighted by atomic mass is 79.9. The summed E-state index contributed by atoms with van der Waals surface area (Å²) in [6.45, 7) is 5.08. The first-order valence-corrected chi connectivity index (χ1v) is 7.70. The molecule has 1 rings (SSSR count). The van der Waals surface area contributed by atoms with Gasteiger partial charge in [0.1, 0.15) is 11.0 Å². The van der Waals surface area contributed by atoms with Crippen LogP contribution < -0.4 is 4.72 Å². The van der Waals surface area contributed by atoms with E-state index in [1.165, 1.54) is 19.1 Å². The molecule has 1 aromatic rings. The van der Waals surface area contributed by atoms with E-state index in [0.29, 0.717) is 4.47 Å². The third-order valence-corrected chi connectivity index (χ3v) is 4.55. The van der Waals surface area contributed by atoms with Gasteiger partial charge in [-0.2, -0.15) is 0 Å². The summed E-state index contributed by atoms with van der Waals surface area (Å²) in [4.78, 5) is 11.7. The molecule has 0 aromatic heterocycles. The van der Waals surface area contributed by atoms with Crippen LogP contribution in [-0.2, 0) is 19.6 Å². The summed E-state index contributed by atoms with van der Waals surface area (Å²) in [6, 6.07) is 6.23. The summed E-state index contributed by atoms with van der Waals surface area (Å²) in [7, 11) is -3.91. The van der Waals surface area contributed by atoms with Gasteiger partial charge in [-0.3, -0.25) is 4.79 Å². The van der Waals surface area contributed by atoms with Crippen molar-refractivity contribution in [2.75, 3.05) is 6.61 Å². The van der Waals surface area contributed by atoms with E-state index < -0.39 is 22.0 Å². The maximum atomic E-state index is 12.0. The SMILES string of the molecule is C=CCOC(C)C(=O)NS(=O)(=O)c1ccccc1Br. The molecule has 1 N–H and O–H groups in total. The van der Waals surface area contributed by atoms with Gasteiger partial charge in [0, 0.05) is 4.47 Å². The highest BCUT2D eigenvalue weighted by Gasteiger charge is 2.23. The lowest BCUT2D eigenvalue weighted by molar-refractivity contribution is -0.129. The van der Waals surface area contributed by atoms with Crippen molar-refractivity contribution in [3.8, 4) is 0 Å². The average molecular weight is 348 g/mol. The first kappa shape index (κ1) is 15.9. The highest BCUT2D eigenvalue weighted by Crippen LogP contribution is 2.20. The highest BCUT2D eigenvalue weighted by molar-refractivity contribution is 9.10. The number of amides is 1. The number of carbonyl (C=O) groups excluding carboxylic acids is 1. The predicted octanol–water partition coefficient (Wildman–Crippen LogP) is 1.85. The van der Waals surface area contributed by atoms with Crippen LogP contribution >= 0.6 is 15.9 Å². The van der Waals surface area contributed by atoms with Crippen LogP contribution in [0.2, 0.25) is 0 Å². The molecular weight excluding hydrogens is 334 g/mol. The van der Waals surface area contributed by atoms with Gasteiger partial charge in [-0.15, -0.1) is 6.58 Å². The molecule has 1 unspecified atom stereocenters. The molecule has 0 aliphatic heterocycles. The summed E-state index contributed by atoms with van der Waals surface area (Å²) in [5.74, 6) is -0.724. The Kier molecular flexibility index (Phi) is 5.71. The second-order valence-corrected chi connectivity index (χ2v) is 6.17. The molecule has 0 aliphatic carbocycles. The number of hydrogen-bond donors (Lipinski definition) is 1. The van der Waals surface area contributed by atoms with E-state index in [4.69, 9.17) is 4.74 Å². The molecule has 0 saturated carbocycles. The van der Waals surface area contributed by atoms with Crippen molar-refractivity contribution in [3.05, 3.63) is 41.4 Å². The van der Waals surface area contributed by atoms with Crippen molar-refractivity contribution in [1.82, 2.24) is 4.72 Å². The van der Waals surface area contributed by atoms with E-state index in [1.807, 2.05) is 4.72 Å². The number of ether oxygens (including phenoxy) is 1. The molecule has 1 atom stereocenters. The zero-order valence-corrected chi connectivity index (χ0v) is 12.7. The fourth-order valence-corrected chi connectivity index (χ4v) is 3.27. The number of sulfonamides is 1. The molecule has 0 spiro atoms. The van der Waals surface area contributed by atoms with E-state index in [-0.39, 0.29) is 11.5 Å². The summed E-state index contributed by atoms with van der Waals surface area (Å²) in [5.41, 5.74) is 0. The van der Waals surface area contributed by atoms with Crippen molar-refractivity contribution < 1.29 is 17.9 Å². The topological polar surface area (TPSA) is 72.5 Å². The Morgan fingerprint density at radius 1 is 1.53 bits per heavy atom. The lowest BCUT2D eigenvalue weighted by atomic mass is 10.4. The molecule has 104 valence electrons. The van der Waals surface area contributed by atoms with E-state index in [2.05, 4.69) is 22.5 Å². The zero-order chi connectivity index (χ0) is 14.5. The van der Waals surface area contributed by atoms with Crippen LogP contribution in [0, 0.1) is 0 Å². The first-order chi connectivity index (χ1) is 8.88. The number of hydrogen-bond acceptors (Lipinski definition) is 4. The van der Waals surface area contributed by atoms with E-state index in [0.717, 1.165) is 0 Å². The average Bonchev–Trinajstić information content (AvgIpc) is 2.35. The molecule has 0 heterocycles. The molecule has 5 nitrogen and oxygen atoms in total. The van der Waals surface area contributed by atoms with Gasteiger partial charge in [0.25, 0.3) is 15.9 Å². The van der Waals surface area contributed by atoms with Gasteiger partial charge in [0.2, 0.25) is 0 Å². The molecule has 0 aliphatic rings. The van der Waals surface area contributed by atoms with Crippen LogP contribution in [0.25, 0.3) is 0 Å². The van der Waals surface area contributed by atoms with E-state index in [1.54, 1.807) is 18.2 Å². The normalized spacial score (nSPS) is 12.7. The van der Waals surface area contributed by atoms with Crippen molar-refractivity contribution in [2.24, 2.45) is 0 Å². The van der Waals surface area contributed by atoms with Gasteiger partial charge >= 0.3 is 0 Å². The van der Waals surface area contributed by atoms with Gasteiger partial charge in [-0.25, -0.2) is 13.1 Å². The quantitative estimate of drug-likeness (QED) is 0.797. The Morgan fingerprint density at radius 3 is 2.74 bits per heavy atom. The van der Waals surface area contributed by atoms with Gasteiger partial charge in [-0.1, -0.05) is 18.2 Å². The lowest BCUT2D eigenvalue weighted by Crippen LogP contribution is -2.38. The minimum atomic E-state index is -3.91. The number of nitrogens with one attached hydrogen (secondary N) is 1. The third kappa shape index (κ3) is 4.45. The van der Waals surface area contributed by atoms with Crippen LogP contribution in [0.1, 0.15) is 6.92 Å². The van der Waals surface area contributed by atoms with Crippen molar-refractivity contribution in [3.63, 3.8) is 0 Å². The second-order valence-electron chi connectivity index (χ2n) is 3.66. The minimum Gasteiger partial charge on any atom is -0.365 e. The van der Waals surface area contributed by atoms with Crippen LogP contribution in [-0.4, -0.2) is 27.0 Å². The maximum Gasteiger partial charge on any atom is 0.265 e. The Labute approximate surface area is 120 Å². The fraction of sp³-hybridized carbons (Fsp3) is 0.250. The predicted molar refractivity (Wildman–Crippen MR) is 75.1 cm³/mol. The molecule has 1 aromatic carbocycles. The maximum absolute atomic E-state index is 12.0.